The van der Waals surface area contributed by atoms with Crippen LogP contribution < -0.4 is 4.74 Å². The predicted octanol–water partition coefficient (Wildman–Crippen LogP) is 2.65. The van der Waals surface area contributed by atoms with Gasteiger partial charge in [0.1, 0.15) is 11.3 Å². The molecule has 0 unspecified atom stereocenters. The van der Waals surface area contributed by atoms with Gasteiger partial charge in [-0.25, -0.2) is 0 Å². The number of hydrogen-bond acceptors (Lipinski definition) is 4. The van der Waals surface area contributed by atoms with E-state index in [-0.39, 0.29) is 0 Å². The Hall–Kier alpha value is -1.95. The van der Waals surface area contributed by atoms with Gasteiger partial charge in [-0.1, -0.05) is 0 Å². The first kappa shape index (κ1) is 12.1. The van der Waals surface area contributed by atoms with E-state index in [0.29, 0.717) is 6.54 Å². The highest BCUT2D eigenvalue weighted by molar-refractivity contribution is 9.10. The molecule has 6 heteroatoms. The molecule has 0 spiro atoms. The Morgan fingerprint density at radius 2 is 2.11 bits per heavy atom. The topological polar surface area (TPSA) is 52.8 Å². The quantitative estimate of drug-likeness (QED) is 0.745. The summed E-state index contributed by atoms with van der Waals surface area (Å²) >= 11 is 3.42. The number of aromatic nitrogens is 4. The van der Waals surface area contributed by atoms with Gasteiger partial charge >= 0.3 is 0 Å². The molecule has 0 saturated heterocycles. The molecule has 0 atom stereocenters. The number of methoxy groups -OCH3 is 1. The molecular formula is C13H11BrN4O. The summed E-state index contributed by atoms with van der Waals surface area (Å²) in [4.78, 5) is 8.45. The lowest BCUT2D eigenvalue weighted by Gasteiger charge is -2.05. The zero-order chi connectivity index (χ0) is 13.2. The maximum atomic E-state index is 5.17. The zero-order valence-electron chi connectivity index (χ0n) is 10.2. The molecule has 3 heterocycles. The van der Waals surface area contributed by atoms with Crippen molar-refractivity contribution in [3.8, 4) is 5.75 Å². The molecule has 0 aromatic carbocycles. The first-order chi connectivity index (χ1) is 9.26. The Balaban J connectivity index is 1.98. The fourth-order valence-corrected chi connectivity index (χ4v) is 2.21. The van der Waals surface area contributed by atoms with E-state index in [1.807, 2.05) is 16.8 Å². The summed E-state index contributed by atoms with van der Waals surface area (Å²) < 4.78 is 8.00. The fraction of sp³-hybridized carbons (Fsp3) is 0.154. The van der Waals surface area contributed by atoms with Crippen LogP contribution in [-0.4, -0.2) is 26.9 Å². The summed E-state index contributed by atoms with van der Waals surface area (Å²) in [6.07, 6.45) is 7.01. The van der Waals surface area contributed by atoms with Gasteiger partial charge in [-0.15, -0.1) is 0 Å². The third kappa shape index (κ3) is 2.44. The molecule has 5 nitrogen and oxygen atoms in total. The highest BCUT2D eigenvalue weighted by atomic mass is 79.9. The van der Waals surface area contributed by atoms with Crippen LogP contribution in [0.3, 0.4) is 0 Å². The third-order valence-electron chi connectivity index (χ3n) is 2.80. The highest BCUT2D eigenvalue weighted by Crippen LogP contribution is 2.18. The van der Waals surface area contributed by atoms with Crippen LogP contribution in [0, 0.1) is 0 Å². The van der Waals surface area contributed by atoms with Crippen LogP contribution in [-0.2, 0) is 6.54 Å². The van der Waals surface area contributed by atoms with E-state index >= 15 is 0 Å². The number of ether oxygens (including phenoxy) is 1. The van der Waals surface area contributed by atoms with E-state index in [0.717, 1.165) is 26.8 Å². The number of hydrogen-bond donors (Lipinski definition) is 0. The van der Waals surface area contributed by atoms with Gasteiger partial charge in [-0.3, -0.25) is 14.6 Å². The van der Waals surface area contributed by atoms with Gasteiger partial charge in [0, 0.05) is 16.9 Å². The second kappa shape index (κ2) is 4.97. The Bertz CT molecular complexity index is 725. The molecule has 0 N–H and O–H groups in total. The number of halogens is 1. The van der Waals surface area contributed by atoms with E-state index in [4.69, 9.17) is 4.74 Å². The molecule has 3 aromatic rings. The van der Waals surface area contributed by atoms with E-state index in [9.17, 15) is 0 Å². The van der Waals surface area contributed by atoms with Gasteiger partial charge in [0.25, 0.3) is 0 Å². The molecule has 0 aliphatic heterocycles. The average molecular weight is 319 g/mol. The van der Waals surface area contributed by atoms with Crippen molar-refractivity contribution in [3.05, 3.63) is 47.0 Å². The van der Waals surface area contributed by atoms with Gasteiger partial charge in [0.15, 0.2) is 0 Å². The fourth-order valence-electron chi connectivity index (χ4n) is 1.89. The third-order valence-corrected chi connectivity index (χ3v) is 3.23. The van der Waals surface area contributed by atoms with Crippen molar-refractivity contribution in [2.24, 2.45) is 0 Å². The van der Waals surface area contributed by atoms with Gasteiger partial charge in [0.05, 0.1) is 31.6 Å². The largest absolute Gasteiger partial charge is 0.495 e. The summed E-state index contributed by atoms with van der Waals surface area (Å²) in [6.45, 7) is 0.631. The Morgan fingerprint density at radius 1 is 1.21 bits per heavy atom. The number of nitrogens with zero attached hydrogens (tertiary/aromatic N) is 4. The van der Waals surface area contributed by atoms with E-state index in [1.165, 1.54) is 0 Å². The summed E-state index contributed by atoms with van der Waals surface area (Å²) in [5, 5.41) is 4.35. The Kier molecular flexibility index (Phi) is 3.16. The lowest BCUT2D eigenvalue weighted by atomic mass is 10.2. The van der Waals surface area contributed by atoms with Crippen molar-refractivity contribution < 1.29 is 4.74 Å². The highest BCUT2D eigenvalue weighted by Gasteiger charge is 2.06. The predicted molar refractivity (Wildman–Crippen MR) is 75.1 cm³/mol. The first-order valence-electron chi connectivity index (χ1n) is 5.71. The molecule has 96 valence electrons. The number of rotatable bonds is 3. The summed E-state index contributed by atoms with van der Waals surface area (Å²) in [5.41, 5.74) is 2.89. The summed E-state index contributed by atoms with van der Waals surface area (Å²) in [5.74, 6) is 0.744. The molecule has 0 fully saturated rings. The monoisotopic (exact) mass is 318 g/mol. The summed E-state index contributed by atoms with van der Waals surface area (Å²) in [7, 11) is 1.63. The second-order valence-electron chi connectivity index (χ2n) is 4.09. The lowest BCUT2D eigenvalue weighted by molar-refractivity contribution is 0.412. The van der Waals surface area contributed by atoms with Crippen molar-refractivity contribution in [2.75, 3.05) is 7.11 Å². The second-order valence-corrected chi connectivity index (χ2v) is 5.01. The van der Waals surface area contributed by atoms with Gasteiger partial charge in [-0.2, -0.15) is 5.10 Å². The Morgan fingerprint density at radius 3 is 2.95 bits per heavy atom. The van der Waals surface area contributed by atoms with E-state index < -0.39 is 0 Å². The van der Waals surface area contributed by atoms with Gasteiger partial charge in [0.2, 0.25) is 0 Å². The molecule has 0 amide bonds. The van der Waals surface area contributed by atoms with Crippen molar-refractivity contribution in [1.82, 2.24) is 19.7 Å². The van der Waals surface area contributed by atoms with Crippen LogP contribution in [0.5, 0.6) is 5.75 Å². The zero-order valence-corrected chi connectivity index (χ0v) is 11.8. The van der Waals surface area contributed by atoms with Crippen molar-refractivity contribution >= 4 is 27.0 Å². The van der Waals surface area contributed by atoms with Gasteiger partial charge < -0.3 is 4.74 Å². The minimum absolute atomic E-state index is 0.631. The molecule has 0 aliphatic carbocycles. The molecular weight excluding hydrogens is 308 g/mol. The van der Waals surface area contributed by atoms with Crippen molar-refractivity contribution in [2.45, 2.75) is 6.54 Å². The van der Waals surface area contributed by atoms with Gasteiger partial charge in [-0.05, 0) is 33.6 Å². The van der Waals surface area contributed by atoms with Crippen LogP contribution in [0.1, 0.15) is 5.56 Å². The smallest absolute Gasteiger partial charge is 0.137 e. The molecule has 0 aliphatic rings. The molecule has 0 radical (unpaired) electrons. The molecule has 3 rings (SSSR count). The number of fused-ring (bicyclic) bond motifs is 1. The van der Waals surface area contributed by atoms with Crippen LogP contribution in [0.2, 0.25) is 0 Å². The van der Waals surface area contributed by atoms with E-state index in [1.54, 1.807) is 31.9 Å². The maximum absolute atomic E-state index is 5.17. The standard InChI is InChI=1S/C13H11BrN4O/c1-19-11-2-9(4-15-6-11)8-18-13-3-10(14)5-16-12(13)7-17-18/h2-7H,8H2,1H3. The Labute approximate surface area is 118 Å². The van der Waals surface area contributed by atoms with Crippen LogP contribution >= 0.6 is 15.9 Å². The van der Waals surface area contributed by atoms with Crippen LogP contribution in [0.4, 0.5) is 0 Å². The van der Waals surface area contributed by atoms with Crippen LogP contribution in [0.25, 0.3) is 11.0 Å². The molecule has 3 aromatic heterocycles. The minimum Gasteiger partial charge on any atom is -0.495 e. The molecule has 0 bridgehead atoms. The molecule has 19 heavy (non-hydrogen) atoms. The summed E-state index contributed by atoms with van der Waals surface area (Å²) in [6, 6.07) is 3.95. The van der Waals surface area contributed by atoms with Crippen molar-refractivity contribution in [3.63, 3.8) is 0 Å². The normalized spacial score (nSPS) is 10.8. The SMILES string of the molecule is COc1cncc(Cn2ncc3ncc(Br)cc32)c1. The first-order valence-corrected chi connectivity index (χ1v) is 6.50. The van der Waals surface area contributed by atoms with Crippen LogP contribution in [0.15, 0.2) is 41.4 Å². The maximum Gasteiger partial charge on any atom is 0.137 e. The van der Waals surface area contributed by atoms with E-state index in [2.05, 4.69) is 31.0 Å². The van der Waals surface area contributed by atoms with Crippen molar-refractivity contribution in [1.29, 1.82) is 0 Å². The number of pyridine rings is 2. The lowest BCUT2D eigenvalue weighted by Crippen LogP contribution is -2.02. The minimum atomic E-state index is 0.631. The molecule has 0 saturated carbocycles. The average Bonchev–Trinajstić information content (AvgIpc) is 2.81.